The normalized spacial score (nSPS) is 9.09. The molecule has 0 bridgehead atoms. The number of benzene rings is 2. The molecule has 0 heterocycles. The number of para-hydroxylation sites is 1. The van der Waals surface area contributed by atoms with Crippen LogP contribution in [0.3, 0.4) is 0 Å². The van der Waals surface area contributed by atoms with Crippen molar-refractivity contribution in [3.05, 3.63) is 79.9 Å². The Morgan fingerprint density at radius 1 is 0.773 bits per heavy atom. The van der Waals surface area contributed by atoms with Gasteiger partial charge in [0.25, 0.3) is 11.4 Å². The summed E-state index contributed by atoms with van der Waals surface area (Å²) in [6, 6.07) is 11.2. The van der Waals surface area contributed by atoms with Crippen molar-refractivity contribution >= 4 is 23.9 Å². The first kappa shape index (κ1) is 16.6. The number of nitro groups is 2. The monoisotopic (exact) mass is 302 g/mol. The molecule has 112 valence electrons. The molecule has 0 saturated heterocycles. The van der Waals surface area contributed by atoms with Crippen LogP contribution in [0.4, 0.5) is 11.4 Å². The number of nitrogens with zero attached hydrogens (tertiary/aromatic N) is 2. The second-order valence-electron chi connectivity index (χ2n) is 3.90. The van der Waals surface area contributed by atoms with E-state index in [0.29, 0.717) is 18.1 Å². The molecule has 0 aromatic heterocycles. The van der Waals surface area contributed by atoms with Gasteiger partial charge in [-0.1, -0.05) is 12.1 Å². The van der Waals surface area contributed by atoms with Gasteiger partial charge in [0.05, 0.1) is 15.4 Å². The first-order chi connectivity index (χ1) is 10.5. The van der Waals surface area contributed by atoms with E-state index in [-0.39, 0.29) is 16.9 Å². The molecule has 0 N–H and O–H groups in total. The highest BCUT2D eigenvalue weighted by atomic mass is 16.6. The zero-order chi connectivity index (χ0) is 16.5. The van der Waals surface area contributed by atoms with E-state index >= 15 is 0 Å². The van der Waals surface area contributed by atoms with Crippen molar-refractivity contribution in [2.45, 2.75) is 0 Å². The molecule has 0 radical (unpaired) electrons. The van der Waals surface area contributed by atoms with Crippen molar-refractivity contribution in [1.82, 2.24) is 0 Å². The molecule has 0 spiro atoms. The Bertz CT molecular complexity index is 697. The van der Waals surface area contributed by atoms with Crippen molar-refractivity contribution < 1.29 is 19.4 Å². The first-order valence-electron chi connectivity index (χ1n) is 5.87. The summed E-state index contributed by atoms with van der Waals surface area (Å²) in [6.07, 6.45) is 1.11. The average Bonchev–Trinajstić information content (AvgIpc) is 2.55. The summed E-state index contributed by atoms with van der Waals surface area (Å²) < 4.78 is 0. The molecule has 0 aliphatic rings. The Morgan fingerprint density at radius 3 is 1.77 bits per heavy atom. The van der Waals surface area contributed by atoms with E-state index in [1.54, 1.807) is 6.07 Å². The fraction of sp³-hybridized carbons (Fsp3) is 0. The van der Waals surface area contributed by atoms with Crippen molar-refractivity contribution in [2.24, 2.45) is 0 Å². The molecule has 22 heavy (non-hydrogen) atoms. The van der Waals surface area contributed by atoms with Crippen LogP contribution in [-0.4, -0.2) is 22.4 Å². The zero-order valence-electron chi connectivity index (χ0n) is 11.1. The van der Waals surface area contributed by atoms with E-state index in [0.717, 1.165) is 0 Å². The topological polar surface area (TPSA) is 120 Å². The molecule has 0 fully saturated rings. The van der Waals surface area contributed by atoms with Gasteiger partial charge in [0.2, 0.25) is 0 Å². The van der Waals surface area contributed by atoms with E-state index in [1.807, 2.05) is 0 Å². The maximum absolute atomic E-state index is 10.2. The summed E-state index contributed by atoms with van der Waals surface area (Å²) in [4.78, 5) is 39.6. The molecule has 8 heteroatoms. The Labute approximate surface area is 124 Å². The van der Waals surface area contributed by atoms with Crippen LogP contribution in [0.2, 0.25) is 0 Å². The van der Waals surface area contributed by atoms with E-state index in [2.05, 4.69) is 0 Å². The van der Waals surface area contributed by atoms with E-state index in [4.69, 9.17) is 0 Å². The van der Waals surface area contributed by atoms with Crippen LogP contribution in [-0.2, 0) is 0 Å². The molecule has 0 saturated carbocycles. The smallest absolute Gasteiger partial charge is 0.279 e. The third kappa shape index (κ3) is 4.60. The first-order valence-corrected chi connectivity index (χ1v) is 5.87. The predicted molar refractivity (Wildman–Crippen MR) is 77.0 cm³/mol. The summed E-state index contributed by atoms with van der Waals surface area (Å²) in [7, 11) is 0. The van der Waals surface area contributed by atoms with Crippen LogP contribution in [0.5, 0.6) is 0 Å². The lowest BCUT2D eigenvalue weighted by Gasteiger charge is -1.91. The molecule has 0 aliphatic heterocycles. The summed E-state index contributed by atoms with van der Waals surface area (Å²) in [6.45, 7) is 0. The molecular formula is C14H10N2O6. The maximum Gasteiger partial charge on any atom is 0.279 e. The molecule has 8 nitrogen and oxygen atoms in total. The number of carbonyl (C=O) groups excluding carboxylic acids is 2. The summed E-state index contributed by atoms with van der Waals surface area (Å²) in [5, 5.41) is 20.3. The zero-order valence-corrected chi connectivity index (χ0v) is 11.1. The van der Waals surface area contributed by atoms with Gasteiger partial charge in [0.15, 0.2) is 6.29 Å². The predicted octanol–water partition coefficient (Wildman–Crippen LogP) is 2.81. The van der Waals surface area contributed by atoms with Gasteiger partial charge < -0.3 is 0 Å². The average molecular weight is 302 g/mol. The largest absolute Gasteiger partial charge is 0.298 e. The van der Waals surface area contributed by atoms with Crippen LogP contribution in [0.25, 0.3) is 0 Å². The third-order valence-electron chi connectivity index (χ3n) is 2.50. The molecule has 2 rings (SSSR count). The minimum absolute atomic E-state index is 0.00407. The van der Waals surface area contributed by atoms with E-state index < -0.39 is 9.85 Å². The van der Waals surface area contributed by atoms with Gasteiger partial charge in [-0.05, 0) is 18.2 Å². The molecule has 2 aromatic rings. The van der Waals surface area contributed by atoms with Crippen LogP contribution < -0.4 is 0 Å². The maximum atomic E-state index is 10.2. The van der Waals surface area contributed by atoms with Gasteiger partial charge in [-0.2, -0.15) is 0 Å². The van der Waals surface area contributed by atoms with Gasteiger partial charge in [-0.25, -0.2) is 0 Å². The standard InChI is InChI=1S/2C7H5NO3/c9-5-6-1-3-7(4-2-6)8(10)11;9-5-6-3-1-2-4-7(6)8(10)11/h2*1-5H. The fourth-order valence-corrected chi connectivity index (χ4v) is 1.43. The van der Waals surface area contributed by atoms with Crippen LogP contribution in [0.1, 0.15) is 20.7 Å². The van der Waals surface area contributed by atoms with Gasteiger partial charge in [0, 0.05) is 23.8 Å². The second kappa shape index (κ2) is 8.00. The lowest BCUT2D eigenvalue weighted by Crippen LogP contribution is -1.92. The SMILES string of the molecule is O=Cc1ccc([N+](=O)[O-])cc1.O=Cc1ccccc1[N+](=O)[O-]. The van der Waals surface area contributed by atoms with Crippen molar-refractivity contribution in [1.29, 1.82) is 0 Å². The number of nitro benzene ring substituents is 2. The summed E-state index contributed by atoms with van der Waals surface area (Å²) >= 11 is 0. The molecule has 0 aliphatic carbocycles. The van der Waals surface area contributed by atoms with Gasteiger partial charge >= 0.3 is 0 Å². The summed E-state index contributed by atoms with van der Waals surface area (Å²) in [5.74, 6) is 0. The number of aldehydes is 2. The number of hydrogen-bond acceptors (Lipinski definition) is 6. The minimum Gasteiger partial charge on any atom is -0.298 e. The van der Waals surface area contributed by atoms with Gasteiger partial charge in [-0.3, -0.25) is 29.8 Å². The number of rotatable bonds is 4. The van der Waals surface area contributed by atoms with Crippen LogP contribution in [0, 0.1) is 20.2 Å². The highest BCUT2D eigenvalue weighted by Gasteiger charge is 2.09. The fourth-order valence-electron chi connectivity index (χ4n) is 1.43. The van der Waals surface area contributed by atoms with Crippen molar-refractivity contribution in [2.75, 3.05) is 0 Å². The quantitative estimate of drug-likeness (QED) is 0.486. The molecule has 2 aromatic carbocycles. The highest BCUT2D eigenvalue weighted by Crippen LogP contribution is 2.14. The van der Waals surface area contributed by atoms with Gasteiger partial charge in [-0.15, -0.1) is 0 Å². The Kier molecular flexibility index (Phi) is 6.05. The van der Waals surface area contributed by atoms with E-state index in [1.165, 1.54) is 42.5 Å². The number of hydrogen-bond donors (Lipinski definition) is 0. The Balaban J connectivity index is 0.000000220. The lowest BCUT2D eigenvalue weighted by molar-refractivity contribution is -0.385. The highest BCUT2D eigenvalue weighted by molar-refractivity contribution is 5.81. The van der Waals surface area contributed by atoms with Crippen molar-refractivity contribution in [3.8, 4) is 0 Å². The van der Waals surface area contributed by atoms with Crippen LogP contribution in [0.15, 0.2) is 48.5 Å². The Hall–Kier alpha value is -3.42. The molecular weight excluding hydrogens is 292 g/mol. The van der Waals surface area contributed by atoms with Gasteiger partial charge in [0.1, 0.15) is 6.29 Å². The van der Waals surface area contributed by atoms with E-state index in [9.17, 15) is 29.8 Å². The number of non-ortho nitro benzene ring substituents is 1. The third-order valence-corrected chi connectivity index (χ3v) is 2.50. The molecule has 0 unspecified atom stereocenters. The lowest BCUT2D eigenvalue weighted by atomic mass is 10.2. The summed E-state index contributed by atoms with van der Waals surface area (Å²) in [5.41, 5.74) is 0.395. The van der Waals surface area contributed by atoms with Crippen LogP contribution >= 0.6 is 0 Å². The minimum atomic E-state index is -0.580. The van der Waals surface area contributed by atoms with Crippen molar-refractivity contribution in [3.63, 3.8) is 0 Å². The Morgan fingerprint density at radius 2 is 1.36 bits per heavy atom. The number of carbonyl (C=O) groups is 2. The molecule has 0 atom stereocenters. The second-order valence-corrected chi connectivity index (χ2v) is 3.90. The molecule has 0 amide bonds.